The van der Waals surface area contributed by atoms with Crippen molar-refractivity contribution in [3.63, 3.8) is 0 Å². The van der Waals surface area contributed by atoms with Crippen LogP contribution in [0.4, 0.5) is 4.39 Å². The highest BCUT2D eigenvalue weighted by Crippen LogP contribution is 2.27. The van der Waals surface area contributed by atoms with Crippen molar-refractivity contribution in [1.29, 1.82) is 0 Å². The van der Waals surface area contributed by atoms with Crippen LogP contribution in [0.25, 0.3) is 0 Å². The Balaban J connectivity index is 2.76. The minimum atomic E-state index is -0.235. The first kappa shape index (κ1) is 13.0. The van der Waals surface area contributed by atoms with Gasteiger partial charge in [0.25, 0.3) is 0 Å². The first-order chi connectivity index (χ1) is 7.54. The third-order valence-corrected chi connectivity index (χ3v) is 2.61. The number of halogens is 2. The number of rotatable bonds is 5. The molecule has 3 heteroatoms. The zero-order chi connectivity index (χ0) is 12.1. The smallest absolute Gasteiger partial charge is 0.126 e. The van der Waals surface area contributed by atoms with Crippen molar-refractivity contribution in [3.05, 3.63) is 46.9 Å². The molecule has 0 aromatic heterocycles. The van der Waals surface area contributed by atoms with E-state index in [1.54, 1.807) is 12.1 Å². The number of allylic oxidation sites excluding steroid dienone is 1. The highest BCUT2D eigenvalue weighted by molar-refractivity contribution is 6.30. The molecule has 0 N–H and O–H groups in total. The van der Waals surface area contributed by atoms with E-state index in [1.165, 1.54) is 6.07 Å². The fourth-order valence-electron chi connectivity index (χ4n) is 1.61. The van der Waals surface area contributed by atoms with Gasteiger partial charge in [0.1, 0.15) is 5.82 Å². The first-order valence-electron chi connectivity index (χ1n) is 5.30. The third kappa shape index (κ3) is 3.53. The highest BCUT2D eigenvalue weighted by atomic mass is 35.5. The van der Waals surface area contributed by atoms with Crippen molar-refractivity contribution in [2.45, 2.75) is 26.2 Å². The van der Waals surface area contributed by atoms with Crippen molar-refractivity contribution >= 4 is 11.6 Å². The van der Waals surface area contributed by atoms with Gasteiger partial charge in [0, 0.05) is 11.4 Å². The Bertz CT molecular complexity index is 376. The summed E-state index contributed by atoms with van der Waals surface area (Å²) < 4.78 is 18.8. The molecule has 0 bridgehead atoms. The number of ether oxygens (including phenoxy) is 1. The molecule has 0 fully saturated rings. The molecule has 1 atom stereocenters. The molecule has 16 heavy (non-hydrogen) atoms. The Labute approximate surface area is 101 Å². The second kappa shape index (κ2) is 5.90. The summed E-state index contributed by atoms with van der Waals surface area (Å²) in [5.41, 5.74) is 0.605. The van der Waals surface area contributed by atoms with E-state index in [-0.39, 0.29) is 11.7 Å². The van der Waals surface area contributed by atoms with E-state index < -0.39 is 0 Å². The Morgan fingerprint density at radius 3 is 2.88 bits per heavy atom. The van der Waals surface area contributed by atoms with Crippen LogP contribution >= 0.6 is 11.6 Å². The second-order valence-corrected chi connectivity index (χ2v) is 4.18. The normalized spacial score (nSPS) is 12.2. The molecule has 0 radical (unpaired) electrons. The van der Waals surface area contributed by atoms with Crippen molar-refractivity contribution in [2.24, 2.45) is 0 Å². The van der Waals surface area contributed by atoms with E-state index in [1.807, 2.05) is 13.8 Å². The van der Waals surface area contributed by atoms with Gasteiger partial charge in [-0.25, -0.2) is 4.39 Å². The van der Waals surface area contributed by atoms with Gasteiger partial charge in [-0.15, -0.1) is 0 Å². The Morgan fingerprint density at radius 2 is 2.25 bits per heavy atom. The lowest BCUT2D eigenvalue weighted by Crippen LogP contribution is -2.01. The molecule has 0 saturated heterocycles. The largest absolute Gasteiger partial charge is 0.499 e. The molecule has 0 aliphatic rings. The van der Waals surface area contributed by atoms with Gasteiger partial charge >= 0.3 is 0 Å². The maximum absolute atomic E-state index is 13.5. The molecule has 0 spiro atoms. The lowest BCUT2D eigenvalue weighted by Gasteiger charge is -2.15. The summed E-state index contributed by atoms with van der Waals surface area (Å²) in [7, 11) is 0. The van der Waals surface area contributed by atoms with E-state index in [2.05, 4.69) is 6.58 Å². The van der Waals surface area contributed by atoms with Crippen LogP contribution in [0.2, 0.25) is 5.02 Å². The maximum Gasteiger partial charge on any atom is 0.126 e. The summed E-state index contributed by atoms with van der Waals surface area (Å²) in [4.78, 5) is 0. The van der Waals surface area contributed by atoms with Crippen LogP contribution in [-0.4, -0.2) is 6.61 Å². The van der Waals surface area contributed by atoms with Gasteiger partial charge in [0.15, 0.2) is 0 Å². The number of benzene rings is 1. The summed E-state index contributed by atoms with van der Waals surface area (Å²) in [5, 5.41) is 0.547. The van der Waals surface area contributed by atoms with Crippen molar-refractivity contribution in [2.75, 3.05) is 6.61 Å². The van der Waals surface area contributed by atoms with Crippen LogP contribution in [0.1, 0.15) is 31.7 Å². The quantitative estimate of drug-likeness (QED) is 0.690. The molecule has 1 aromatic rings. The number of hydrogen-bond donors (Lipinski definition) is 0. The minimum Gasteiger partial charge on any atom is -0.499 e. The predicted molar refractivity (Wildman–Crippen MR) is 65.2 cm³/mol. The van der Waals surface area contributed by atoms with Crippen molar-refractivity contribution in [3.8, 4) is 0 Å². The molecule has 0 aliphatic heterocycles. The summed E-state index contributed by atoms with van der Waals surface area (Å²) in [5.74, 6) is 0.452. The van der Waals surface area contributed by atoms with Crippen molar-refractivity contribution in [1.82, 2.24) is 0 Å². The van der Waals surface area contributed by atoms with Gasteiger partial charge in [0.2, 0.25) is 0 Å². The Kier molecular flexibility index (Phi) is 4.81. The first-order valence-corrected chi connectivity index (χ1v) is 5.68. The van der Waals surface area contributed by atoms with Crippen LogP contribution < -0.4 is 0 Å². The summed E-state index contributed by atoms with van der Waals surface area (Å²) in [6.07, 6.45) is 0.602. The standard InChI is InChI=1S/C13H16ClFO/c1-4-16-10(3)7-9(2)12-8-11(14)5-6-13(12)15/h5-6,8-9H,3-4,7H2,1-2H3. The lowest BCUT2D eigenvalue weighted by molar-refractivity contribution is 0.216. The van der Waals surface area contributed by atoms with Crippen molar-refractivity contribution < 1.29 is 9.13 Å². The molecule has 0 heterocycles. The van der Waals surface area contributed by atoms with E-state index in [0.717, 1.165) is 0 Å². The summed E-state index contributed by atoms with van der Waals surface area (Å²) >= 11 is 5.84. The summed E-state index contributed by atoms with van der Waals surface area (Å²) in [6, 6.07) is 4.59. The molecular formula is C13H16ClFO. The van der Waals surface area contributed by atoms with E-state index in [0.29, 0.717) is 29.4 Å². The van der Waals surface area contributed by atoms with Gasteiger partial charge in [-0.05, 0) is 36.6 Å². The maximum atomic E-state index is 13.5. The van der Waals surface area contributed by atoms with Gasteiger partial charge in [0.05, 0.1) is 12.4 Å². The lowest BCUT2D eigenvalue weighted by atomic mass is 9.96. The van der Waals surface area contributed by atoms with Gasteiger partial charge in [-0.3, -0.25) is 0 Å². The van der Waals surface area contributed by atoms with Crippen LogP contribution in [0.3, 0.4) is 0 Å². The molecule has 1 aromatic carbocycles. The molecule has 0 saturated carbocycles. The molecule has 88 valence electrons. The predicted octanol–water partition coefficient (Wildman–Crippen LogP) is 4.52. The molecular weight excluding hydrogens is 227 g/mol. The SMILES string of the molecule is C=C(CC(C)c1cc(Cl)ccc1F)OCC. The van der Waals surface area contributed by atoms with Gasteiger partial charge in [-0.1, -0.05) is 25.1 Å². The fourth-order valence-corrected chi connectivity index (χ4v) is 1.79. The Morgan fingerprint density at radius 1 is 1.56 bits per heavy atom. The molecule has 1 nitrogen and oxygen atoms in total. The van der Waals surface area contributed by atoms with E-state index in [4.69, 9.17) is 16.3 Å². The van der Waals surface area contributed by atoms with Gasteiger partial charge < -0.3 is 4.74 Å². The molecule has 0 amide bonds. The molecule has 1 rings (SSSR count). The summed E-state index contributed by atoms with van der Waals surface area (Å²) in [6.45, 7) is 8.20. The molecule has 1 unspecified atom stereocenters. The average molecular weight is 243 g/mol. The van der Waals surface area contributed by atoms with E-state index >= 15 is 0 Å². The third-order valence-electron chi connectivity index (χ3n) is 2.37. The van der Waals surface area contributed by atoms with Crippen LogP contribution in [0.5, 0.6) is 0 Å². The zero-order valence-corrected chi connectivity index (χ0v) is 10.4. The van der Waals surface area contributed by atoms with Crippen LogP contribution in [0.15, 0.2) is 30.5 Å². The minimum absolute atomic E-state index is 0.0118. The highest BCUT2D eigenvalue weighted by Gasteiger charge is 2.13. The fraction of sp³-hybridized carbons (Fsp3) is 0.385. The van der Waals surface area contributed by atoms with E-state index in [9.17, 15) is 4.39 Å². The zero-order valence-electron chi connectivity index (χ0n) is 9.59. The number of hydrogen-bond acceptors (Lipinski definition) is 1. The van der Waals surface area contributed by atoms with Crippen LogP contribution in [0, 0.1) is 5.82 Å². The molecule has 0 aliphatic carbocycles. The van der Waals surface area contributed by atoms with Gasteiger partial charge in [-0.2, -0.15) is 0 Å². The Hall–Kier alpha value is -1.02. The monoisotopic (exact) mass is 242 g/mol. The topological polar surface area (TPSA) is 9.23 Å². The second-order valence-electron chi connectivity index (χ2n) is 3.74. The van der Waals surface area contributed by atoms with Crippen LogP contribution in [-0.2, 0) is 4.74 Å². The average Bonchev–Trinajstić information content (AvgIpc) is 2.21.